The molecule has 0 N–H and O–H groups in total. The molecule has 126 valence electrons. The molecule has 0 unspecified atom stereocenters. The summed E-state index contributed by atoms with van der Waals surface area (Å²) in [5, 5.41) is 0. The van der Waals surface area contributed by atoms with E-state index in [1.165, 1.54) is 6.08 Å². The van der Waals surface area contributed by atoms with Gasteiger partial charge >= 0.3 is 17.8 Å². The normalized spacial score (nSPS) is 14.5. The number of hydrogen-bond donors (Lipinski definition) is 0. The molecule has 24 heavy (non-hydrogen) atoms. The van der Waals surface area contributed by atoms with Gasteiger partial charge in [-0.3, -0.25) is 19.3 Å². The summed E-state index contributed by atoms with van der Waals surface area (Å²) < 4.78 is 5.48. The molecule has 1 aromatic carbocycles. The SMILES string of the molecule is C=CCN1C(=O)C(=O)N(CC(=O)c2ccc(OC(C)C)cc2)C1=O. The Kier molecular flexibility index (Phi) is 5.13. The van der Waals surface area contributed by atoms with Crippen LogP contribution in [0.1, 0.15) is 24.2 Å². The molecule has 0 spiro atoms. The first-order valence-electron chi connectivity index (χ1n) is 7.43. The van der Waals surface area contributed by atoms with Crippen LogP contribution in [0.3, 0.4) is 0 Å². The highest BCUT2D eigenvalue weighted by atomic mass is 16.5. The van der Waals surface area contributed by atoms with Crippen molar-refractivity contribution < 1.29 is 23.9 Å². The summed E-state index contributed by atoms with van der Waals surface area (Å²) in [5.74, 6) is -1.79. The molecule has 7 nitrogen and oxygen atoms in total. The molecular weight excluding hydrogens is 312 g/mol. The highest BCUT2D eigenvalue weighted by molar-refractivity contribution is 6.45. The predicted molar refractivity (Wildman–Crippen MR) is 85.6 cm³/mol. The standard InChI is InChI=1S/C17H18N2O5/c1-4-9-18-15(21)16(22)19(17(18)23)10-14(20)12-5-7-13(8-6-12)24-11(2)3/h4-8,11H,1,9-10H2,2-3H3. The highest BCUT2D eigenvalue weighted by Gasteiger charge is 2.44. The number of carbonyl (C=O) groups excluding carboxylic acids is 4. The summed E-state index contributed by atoms with van der Waals surface area (Å²) in [5.41, 5.74) is 0.321. The van der Waals surface area contributed by atoms with Gasteiger partial charge in [-0.15, -0.1) is 6.58 Å². The van der Waals surface area contributed by atoms with E-state index in [2.05, 4.69) is 6.58 Å². The molecule has 1 aliphatic heterocycles. The fourth-order valence-electron chi connectivity index (χ4n) is 2.21. The van der Waals surface area contributed by atoms with Crippen molar-refractivity contribution in [1.29, 1.82) is 0 Å². The minimum atomic E-state index is -1.00. The molecule has 1 heterocycles. The fraction of sp³-hybridized carbons (Fsp3) is 0.294. The quantitative estimate of drug-likeness (QED) is 0.328. The van der Waals surface area contributed by atoms with Gasteiger partial charge in [-0.1, -0.05) is 6.08 Å². The molecule has 1 fully saturated rings. The first-order chi connectivity index (χ1) is 11.3. The number of carbonyl (C=O) groups is 4. The van der Waals surface area contributed by atoms with E-state index in [0.29, 0.717) is 16.2 Å². The molecule has 1 saturated heterocycles. The third-order valence-corrected chi connectivity index (χ3v) is 3.30. The number of amides is 4. The van der Waals surface area contributed by atoms with E-state index in [1.807, 2.05) is 13.8 Å². The molecular formula is C17H18N2O5. The van der Waals surface area contributed by atoms with Gasteiger partial charge in [0, 0.05) is 12.1 Å². The molecule has 0 aliphatic carbocycles. The van der Waals surface area contributed by atoms with E-state index >= 15 is 0 Å². The van der Waals surface area contributed by atoms with Gasteiger partial charge in [-0.05, 0) is 38.1 Å². The molecule has 0 saturated carbocycles. The maximum absolute atomic E-state index is 12.3. The first kappa shape index (κ1) is 17.4. The lowest BCUT2D eigenvalue weighted by atomic mass is 10.1. The van der Waals surface area contributed by atoms with Crippen molar-refractivity contribution in [3.8, 4) is 5.75 Å². The average Bonchev–Trinajstić information content (AvgIpc) is 2.73. The van der Waals surface area contributed by atoms with Gasteiger partial charge in [0.25, 0.3) is 0 Å². The van der Waals surface area contributed by atoms with Crippen LogP contribution in [0.5, 0.6) is 5.75 Å². The van der Waals surface area contributed by atoms with Crippen molar-refractivity contribution in [2.45, 2.75) is 20.0 Å². The van der Waals surface area contributed by atoms with Crippen LogP contribution in [0.15, 0.2) is 36.9 Å². The molecule has 1 aliphatic rings. The molecule has 0 atom stereocenters. The molecule has 4 amide bonds. The number of ether oxygens (including phenoxy) is 1. The van der Waals surface area contributed by atoms with Gasteiger partial charge in [0.05, 0.1) is 12.6 Å². The Balaban J connectivity index is 2.09. The second kappa shape index (κ2) is 7.08. The Bertz CT molecular complexity index is 693. The van der Waals surface area contributed by atoms with Gasteiger partial charge in [0.2, 0.25) is 0 Å². The monoisotopic (exact) mass is 330 g/mol. The van der Waals surface area contributed by atoms with Crippen LogP contribution in [0.2, 0.25) is 0 Å². The second-order valence-electron chi connectivity index (χ2n) is 5.49. The van der Waals surface area contributed by atoms with Crippen LogP contribution in [-0.2, 0) is 9.59 Å². The summed E-state index contributed by atoms with van der Waals surface area (Å²) in [6.45, 7) is 6.64. The number of benzene rings is 1. The van der Waals surface area contributed by atoms with Crippen LogP contribution in [-0.4, -0.2) is 52.6 Å². The van der Waals surface area contributed by atoms with E-state index in [1.54, 1.807) is 24.3 Å². The summed E-state index contributed by atoms with van der Waals surface area (Å²) in [4.78, 5) is 49.3. The number of imide groups is 2. The zero-order chi connectivity index (χ0) is 17.9. The van der Waals surface area contributed by atoms with Crippen molar-refractivity contribution in [2.24, 2.45) is 0 Å². The first-order valence-corrected chi connectivity index (χ1v) is 7.43. The maximum atomic E-state index is 12.3. The summed E-state index contributed by atoms with van der Waals surface area (Å²) in [7, 11) is 0. The van der Waals surface area contributed by atoms with Gasteiger partial charge in [0.15, 0.2) is 5.78 Å². The Morgan fingerprint density at radius 1 is 1.12 bits per heavy atom. The van der Waals surface area contributed by atoms with E-state index in [-0.39, 0.29) is 12.6 Å². The minimum Gasteiger partial charge on any atom is -0.491 e. The Hall–Kier alpha value is -2.96. The van der Waals surface area contributed by atoms with Crippen molar-refractivity contribution >= 4 is 23.6 Å². The van der Waals surface area contributed by atoms with Crippen LogP contribution >= 0.6 is 0 Å². The van der Waals surface area contributed by atoms with Gasteiger partial charge in [-0.25, -0.2) is 9.69 Å². The number of hydrogen-bond acceptors (Lipinski definition) is 5. The molecule has 1 aromatic rings. The second-order valence-corrected chi connectivity index (χ2v) is 5.49. The van der Waals surface area contributed by atoms with E-state index in [0.717, 1.165) is 4.90 Å². The Morgan fingerprint density at radius 3 is 2.25 bits per heavy atom. The Labute approximate surface area is 139 Å². The lowest BCUT2D eigenvalue weighted by molar-refractivity contribution is -0.142. The van der Waals surface area contributed by atoms with E-state index in [9.17, 15) is 19.2 Å². The van der Waals surface area contributed by atoms with Crippen molar-refractivity contribution in [1.82, 2.24) is 9.80 Å². The summed E-state index contributed by atoms with van der Waals surface area (Å²) in [6.07, 6.45) is 1.34. The maximum Gasteiger partial charge on any atom is 0.334 e. The molecule has 7 heteroatoms. The number of rotatable bonds is 7. The number of Topliss-reactive ketones (excluding diaryl/α,β-unsaturated/α-hetero) is 1. The van der Waals surface area contributed by atoms with Gasteiger partial charge in [0.1, 0.15) is 5.75 Å². The van der Waals surface area contributed by atoms with Crippen molar-refractivity contribution in [3.05, 3.63) is 42.5 Å². The smallest absolute Gasteiger partial charge is 0.334 e. The highest BCUT2D eigenvalue weighted by Crippen LogP contribution is 2.16. The molecule has 0 radical (unpaired) electrons. The topological polar surface area (TPSA) is 84.0 Å². The Morgan fingerprint density at radius 2 is 1.71 bits per heavy atom. The van der Waals surface area contributed by atoms with Crippen LogP contribution in [0, 0.1) is 0 Å². The lowest BCUT2D eigenvalue weighted by Crippen LogP contribution is -2.37. The van der Waals surface area contributed by atoms with Gasteiger partial charge in [-0.2, -0.15) is 0 Å². The zero-order valence-electron chi connectivity index (χ0n) is 13.5. The fourth-order valence-corrected chi connectivity index (χ4v) is 2.21. The largest absolute Gasteiger partial charge is 0.491 e. The van der Waals surface area contributed by atoms with Crippen LogP contribution in [0.25, 0.3) is 0 Å². The number of urea groups is 1. The molecule has 0 bridgehead atoms. The number of ketones is 1. The average molecular weight is 330 g/mol. The minimum absolute atomic E-state index is 0.00764. The molecule has 0 aromatic heterocycles. The number of nitrogens with zero attached hydrogens (tertiary/aromatic N) is 2. The van der Waals surface area contributed by atoms with Gasteiger partial charge < -0.3 is 4.74 Å². The lowest BCUT2D eigenvalue weighted by Gasteiger charge is -2.14. The summed E-state index contributed by atoms with van der Waals surface area (Å²) >= 11 is 0. The summed E-state index contributed by atoms with van der Waals surface area (Å²) in [6, 6.07) is 5.56. The zero-order valence-corrected chi connectivity index (χ0v) is 13.5. The predicted octanol–water partition coefficient (Wildman–Crippen LogP) is 1.63. The van der Waals surface area contributed by atoms with Crippen LogP contribution < -0.4 is 4.74 Å². The third kappa shape index (κ3) is 3.51. The van der Waals surface area contributed by atoms with E-state index in [4.69, 9.17) is 4.74 Å². The van der Waals surface area contributed by atoms with Crippen LogP contribution in [0.4, 0.5) is 4.79 Å². The molecule has 2 rings (SSSR count). The third-order valence-electron chi connectivity index (χ3n) is 3.30. The van der Waals surface area contributed by atoms with Crippen molar-refractivity contribution in [2.75, 3.05) is 13.1 Å². The van der Waals surface area contributed by atoms with Crippen molar-refractivity contribution in [3.63, 3.8) is 0 Å². The van der Waals surface area contributed by atoms with E-state index < -0.39 is 30.2 Å².